The van der Waals surface area contributed by atoms with E-state index in [1.165, 1.54) is 86.3 Å². The van der Waals surface area contributed by atoms with Gasteiger partial charge in [-0.05, 0) is 30.3 Å². The van der Waals surface area contributed by atoms with E-state index < -0.39 is 15.6 Å². The van der Waals surface area contributed by atoms with Crippen LogP contribution in [0.25, 0.3) is 6.08 Å². The maximum absolute atomic E-state index is 13.0. The number of pyridine rings is 1. The Balaban J connectivity index is 1.81. The average Bonchev–Trinajstić information content (AvgIpc) is 3.02. The minimum absolute atomic E-state index is 0.214. The summed E-state index contributed by atoms with van der Waals surface area (Å²) in [7, 11) is 6.47. The van der Waals surface area contributed by atoms with Crippen molar-refractivity contribution in [2.45, 2.75) is 5.75 Å². The molecule has 12 nitrogen and oxygen atoms in total. The fraction of sp³-hybridized carbons (Fsp3) is 0.267. The van der Waals surface area contributed by atoms with Gasteiger partial charge in [-0.25, -0.2) is 13.4 Å². The minimum atomic E-state index is -3.78. The molecule has 1 aromatic heterocycles. The first-order chi connectivity index (χ1) is 20.6. The van der Waals surface area contributed by atoms with Crippen molar-refractivity contribution < 1.29 is 46.4 Å². The number of rotatable bonds is 15. The molecule has 0 aliphatic rings. The molecule has 0 radical (unpaired) electrons. The number of sulfone groups is 1. The molecule has 0 bridgehead atoms. The van der Waals surface area contributed by atoms with E-state index in [9.17, 15) is 13.2 Å². The predicted molar refractivity (Wildman–Crippen MR) is 162 cm³/mol. The van der Waals surface area contributed by atoms with Gasteiger partial charge in [-0.15, -0.1) is 0 Å². The number of hydrogen-bond donors (Lipinski definition) is 1. The van der Waals surface area contributed by atoms with Crippen molar-refractivity contribution in [3.63, 3.8) is 0 Å². The molecular weight excluding hydrogens is 580 g/mol. The van der Waals surface area contributed by atoms with Crippen LogP contribution < -0.4 is 38.5 Å². The standard InChI is InChI=1S/C30H34N2O10S/c1-36-21-16-25(38-3)22(26(17-21)39-4)11-13-43(34,35)18-20-8-9-24(37-2)30(32-20)31-12-10-23(33)19-14-27(40-5)29(42-7)28(15-19)41-6/h8-17H,18H2,1-7H3,(H,31,32)/b12-10-,13-11+. The van der Waals surface area contributed by atoms with Crippen LogP contribution in [-0.4, -0.2) is 69.0 Å². The third-order valence-corrected chi connectivity index (χ3v) is 7.33. The number of aromatic nitrogens is 1. The first-order valence-corrected chi connectivity index (χ1v) is 14.4. The SMILES string of the molecule is COc1cc(OC)c(/C=C/S(=O)(=O)Cc2ccc(OC)c(N/C=C\C(=O)c3cc(OC)c(OC)c(OC)c3)n2)c(OC)c1. The summed E-state index contributed by atoms with van der Waals surface area (Å²) >= 11 is 0. The van der Waals surface area contributed by atoms with Gasteiger partial charge in [0.1, 0.15) is 17.2 Å². The molecule has 3 aromatic rings. The van der Waals surface area contributed by atoms with Crippen molar-refractivity contribution in [2.75, 3.05) is 55.1 Å². The number of nitrogens with one attached hydrogen (secondary N) is 1. The average molecular weight is 615 g/mol. The zero-order chi connectivity index (χ0) is 31.6. The Morgan fingerprint density at radius 2 is 1.35 bits per heavy atom. The van der Waals surface area contributed by atoms with E-state index in [-0.39, 0.29) is 17.3 Å². The summed E-state index contributed by atoms with van der Waals surface area (Å²) in [6, 6.07) is 9.42. The lowest BCUT2D eigenvalue weighted by Gasteiger charge is -2.13. The number of carbonyl (C=O) groups is 1. The number of ketones is 1. The summed E-state index contributed by atoms with van der Waals surface area (Å²) in [5.74, 6) is 2.08. The van der Waals surface area contributed by atoms with Crippen LogP contribution in [0.5, 0.6) is 40.2 Å². The molecule has 0 saturated heterocycles. The maximum Gasteiger partial charge on any atom is 0.203 e. The lowest BCUT2D eigenvalue weighted by Crippen LogP contribution is -2.05. The molecule has 0 aliphatic carbocycles. The van der Waals surface area contributed by atoms with Crippen molar-refractivity contribution in [1.82, 2.24) is 4.98 Å². The van der Waals surface area contributed by atoms with Gasteiger partial charge in [0.15, 0.2) is 38.7 Å². The van der Waals surface area contributed by atoms with Gasteiger partial charge in [0.2, 0.25) is 5.75 Å². The first kappa shape index (κ1) is 32.6. The summed E-state index contributed by atoms with van der Waals surface area (Å²) in [6.45, 7) is 0. The fourth-order valence-electron chi connectivity index (χ4n) is 3.97. The topological polar surface area (TPSA) is 141 Å². The van der Waals surface area contributed by atoms with E-state index in [0.717, 1.165) is 5.41 Å². The zero-order valence-electron chi connectivity index (χ0n) is 24.9. The molecule has 230 valence electrons. The van der Waals surface area contributed by atoms with E-state index in [1.807, 2.05) is 0 Å². The summed E-state index contributed by atoms with van der Waals surface area (Å²) in [4.78, 5) is 17.2. The lowest BCUT2D eigenvalue weighted by molar-refractivity contribution is 0.104. The Bertz CT molecular complexity index is 1570. The van der Waals surface area contributed by atoms with Crippen LogP contribution in [0, 0.1) is 0 Å². The van der Waals surface area contributed by atoms with E-state index in [1.54, 1.807) is 18.2 Å². The second-order valence-electron chi connectivity index (χ2n) is 8.66. The monoisotopic (exact) mass is 614 g/mol. The van der Waals surface area contributed by atoms with Gasteiger partial charge < -0.3 is 38.5 Å². The number of ether oxygens (including phenoxy) is 7. The quantitative estimate of drug-likeness (QED) is 0.190. The molecule has 0 atom stereocenters. The van der Waals surface area contributed by atoms with Crippen LogP contribution in [-0.2, 0) is 15.6 Å². The summed E-state index contributed by atoms with van der Waals surface area (Å²) in [6.07, 6.45) is 4.05. The van der Waals surface area contributed by atoms with E-state index in [0.29, 0.717) is 51.4 Å². The highest BCUT2D eigenvalue weighted by Crippen LogP contribution is 2.38. The van der Waals surface area contributed by atoms with Crippen LogP contribution in [0.15, 0.2) is 54.1 Å². The zero-order valence-corrected chi connectivity index (χ0v) is 25.7. The van der Waals surface area contributed by atoms with Gasteiger partial charge >= 0.3 is 0 Å². The van der Waals surface area contributed by atoms with Crippen LogP contribution in [0.3, 0.4) is 0 Å². The van der Waals surface area contributed by atoms with Gasteiger partial charge in [0.25, 0.3) is 0 Å². The molecule has 2 aromatic carbocycles. The largest absolute Gasteiger partial charge is 0.496 e. The Morgan fingerprint density at radius 3 is 1.86 bits per heavy atom. The Hall–Kier alpha value is -4.91. The summed E-state index contributed by atoms with van der Waals surface area (Å²) < 4.78 is 63.2. The summed E-state index contributed by atoms with van der Waals surface area (Å²) in [5, 5.41) is 3.95. The van der Waals surface area contributed by atoms with Crippen molar-refractivity contribution in [2.24, 2.45) is 0 Å². The number of hydrogen-bond acceptors (Lipinski definition) is 12. The number of benzene rings is 2. The highest BCUT2D eigenvalue weighted by Gasteiger charge is 2.17. The third kappa shape index (κ3) is 8.10. The van der Waals surface area contributed by atoms with Gasteiger partial charge in [0, 0.05) is 35.4 Å². The number of carbonyl (C=O) groups excluding carboxylic acids is 1. The maximum atomic E-state index is 13.0. The van der Waals surface area contributed by atoms with Gasteiger partial charge in [-0.1, -0.05) is 0 Å². The second-order valence-corrected chi connectivity index (χ2v) is 10.6. The Labute approximate surface area is 250 Å². The Morgan fingerprint density at radius 1 is 0.767 bits per heavy atom. The number of methoxy groups -OCH3 is 7. The molecule has 0 aliphatic heterocycles. The predicted octanol–water partition coefficient (Wildman–Crippen LogP) is 4.54. The molecular formula is C30H34N2O10S. The second kappa shape index (κ2) is 14.8. The molecule has 0 spiro atoms. The summed E-state index contributed by atoms with van der Waals surface area (Å²) in [5.41, 5.74) is 0.969. The Kier molecular flexibility index (Phi) is 11.2. The molecule has 0 fully saturated rings. The molecule has 13 heteroatoms. The molecule has 0 amide bonds. The van der Waals surface area contributed by atoms with Crippen molar-refractivity contribution >= 4 is 27.5 Å². The molecule has 0 saturated carbocycles. The van der Waals surface area contributed by atoms with E-state index in [2.05, 4.69) is 10.3 Å². The van der Waals surface area contributed by atoms with Crippen LogP contribution in [0.4, 0.5) is 5.82 Å². The molecule has 43 heavy (non-hydrogen) atoms. The third-order valence-electron chi connectivity index (χ3n) is 6.08. The van der Waals surface area contributed by atoms with Gasteiger partial charge in [-0.2, -0.15) is 0 Å². The highest BCUT2D eigenvalue weighted by molar-refractivity contribution is 7.93. The normalized spacial score (nSPS) is 11.3. The van der Waals surface area contributed by atoms with Crippen molar-refractivity contribution in [1.29, 1.82) is 0 Å². The van der Waals surface area contributed by atoms with E-state index >= 15 is 0 Å². The lowest BCUT2D eigenvalue weighted by atomic mass is 10.1. The van der Waals surface area contributed by atoms with E-state index in [4.69, 9.17) is 33.2 Å². The fourth-order valence-corrected chi connectivity index (χ4v) is 4.99. The van der Waals surface area contributed by atoms with Crippen molar-refractivity contribution in [3.8, 4) is 40.2 Å². The number of nitrogens with zero attached hydrogens (tertiary/aromatic N) is 1. The highest BCUT2D eigenvalue weighted by atomic mass is 32.2. The van der Waals surface area contributed by atoms with Crippen LogP contribution >= 0.6 is 0 Å². The number of anilines is 1. The molecule has 3 rings (SSSR count). The van der Waals surface area contributed by atoms with Gasteiger partial charge in [0.05, 0.1) is 66.8 Å². The first-order valence-electron chi connectivity index (χ1n) is 12.7. The minimum Gasteiger partial charge on any atom is -0.496 e. The van der Waals surface area contributed by atoms with Crippen LogP contribution in [0.1, 0.15) is 21.6 Å². The van der Waals surface area contributed by atoms with Crippen LogP contribution in [0.2, 0.25) is 0 Å². The molecule has 1 N–H and O–H groups in total. The van der Waals surface area contributed by atoms with Gasteiger partial charge in [-0.3, -0.25) is 4.79 Å². The molecule has 0 unspecified atom stereocenters. The molecule has 1 heterocycles. The number of allylic oxidation sites excluding steroid dienone is 1. The smallest absolute Gasteiger partial charge is 0.203 e. The van der Waals surface area contributed by atoms with Crippen molar-refractivity contribution in [3.05, 3.63) is 70.9 Å².